The van der Waals surface area contributed by atoms with Crippen molar-refractivity contribution in [3.8, 4) is 0 Å². The third-order valence-corrected chi connectivity index (χ3v) is 6.50. The first-order chi connectivity index (χ1) is 14.2. The minimum atomic E-state index is -0.276. The first kappa shape index (κ1) is 20.2. The normalized spacial score (nSPS) is 16.1. The van der Waals surface area contributed by atoms with Gasteiger partial charge in [-0.25, -0.2) is 14.4 Å². The van der Waals surface area contributed by atoms with Crippen LogP contribution in [0.4, 0.5) is 15.8 Å². The van der Waals surface area contributed by atoms with Crippen LogP contribution >= 0.6 is 22.7 Å². The van der Waals surface area contributed by atoms with Gasteiger partial charge in [-0.05, 0) is 55.5 Å². The van der Waals surface area contributed by atoms with Crippen LogP contribution in [-0.2, 0) is 4.74 Å². The standard InChI is InChI=1S/C14H8FN3S2.C7H15NO/c15-9-5-13-12(17-7-20-13)6-11(9)18-10-1-3-16-14-8(10)2-4-19-14;1-9-6-4-7-3-2-5-8-7/h1-7H,(H,16,18);7-8H,2-6H2,1H3. The number of methoxy groups -OCH3 is 1. The summed E-state index contributed by atoms with van der Waals surface area (Å²) >= 11 is 3.00. The number of halogens is 1. The highest BCUT2D eigenvalue weighted by Crippen LogP contribution is 2.31. The van der Waals surface area contributed by atoms with E-state index in [0.717, 1.165) is 38.8 Å². The molecule has 0 saturated carbocycles. The molecule has 152 valence electrons. The molecule has 3 aromatic heterocycles. The molecule has 1 atom stereocenters. The Morgan fingerprint density at radius 2 is 2.17 bits per heavy atom. The molecule has 0 bridgehead atoms. The molecule has 5 rings (SSSR count). The summed E-state index contributed by atoms with van der Waals surface area (Å²) in [4.78, 5) is 9.43. The smallest absolute Gasteiger partial charge is 0.148 e. The molecule has 8 heteroatoms. The van der Waals surface area contributed by atoms with Gasteiger partial charge in [0, 0.05) is 31.3 Å². The number of anilines is 2. The van der Waals surface area contributed by atoms with Crippen LogP contribution in [0.1, 0.15) is 19.3 Å². The fourth-order valence-corrected chi connectivity index (χ4v) is 4.81. The lowest BCUT2D eigenvalue weighted by Gasteiger charge is -2.08. The zero-order valence-corrected chi connectivity index (χ0v) is 17.8. The summed E-state index contributed by atoms with van der Waals surface area (Å²) in [6.07, 6.45) is 5.58. The monoisotopic (exact) mass is 430 g/mol. The van der Waals surface area contributed by atoms with Gasteiger partial charge in [0.25, 0.3) is 0 Å². The molecule has 1 unspecified atom stereocenters. The lowest BCUT2D eigenvalue weighted by molar-refractivity contribution is 0.185. The first-order valence-corrected chi connectivity index (χ1v) is 11.3. The van der Waals surface area contributed by atoms with E-state index in [4.69, 9.17) is 4.74 Å². The Hall–Kier alpha value is -2.13. The van der Waals surface area contributed by atoms with E-state index in [0.29, 0.717) is 5.69 Å². The summed E-state index contributed by atoms with van der Waals surface area (Å²) in [6.45, 7) is 2.10. The minimum Gasteiger partial charge on any atom is -0.385 e. The zero-order valence-electron chi connectivity index (χ0n) is 16.2. The van der Waals surface area contributed by atoms with Gasteiger partial charge in [-0.3, -0.25) is 0 Å². The molecular formula is C21H23FN4OS2. The van der Waals surface area contributed by atoms with Gasteiger partial charge < -0.3 is 15.4 Å². The molecular weight excluding hydrogens is 407 g/mol. The van der Waals surface area contributed by atoms with Crippen LogP contribution < -0.4 is 10.6 Å². The van der Waals surface area contributed by atoms with Gasteiger partial charge >= 0.3 is 0 Å². The Balaban J connectivity index is 0.000000192. The summed E-state index contributed by atoms with van der Waals surface area (Å²) in [5, 5.41) is 9.52. The highest BCUT2D eigenvalue weighted by Gasteiger charge is 2.12. The van der Waals surface area contributed by atoms with Crippen LogP contribution in [-0.4, -0.2) is 36.3 Å². The number of aromatic nitrogens is 2. The Morgan fingerprint density at radius 1 is 1.24 bits per heavy atom. The summed E-state index contributed by atoms with van der Waals surface area (Å²) in [5.74, 6) is -0.276. The molecule has 1 saturated heterocycles. The van der Waals surface area contributed by atoms with Crippen LogP contribution in [0.5, 0.6) is 0 Å². The number of ether oxygens (including phenoxy) is 1. The topological polar surface area (TPSA) is 59.1 Å². The number of nitrogens with zero attached hydrogens (tertiary/aromatic N) is 2. The maximum atomic E-state index is 14.1. The van der Waals surface area contributed by atoms with Crippen molar-refractivity contribution in [2.45, 2.75) is 25.3 Å². The molecule has 1 aromatic carbocycles. The average molecular weight is 431 g/mol. The van der Waals surface area contributed by atoms with Crippen LogP contribution in [0.3, 0.4) is 0 Å². The number of thiazole rings is 1. The number of benzene rings is 1. The SMILES string of the molecule is COCCC1CCCN1.Fc1cc2scnc2cc1Nc1ccnc2sccc12. The summed E-state index contributed by atoms with van der Waals surface area (Å²) in [5.41, 5.74) is 3.80. The summed E-state index contributed by atoms with van der Waals surface area (Å²) < 4.78 is 19.9. The number of thiophene rings is 1. The van der Waals surface area contributed by atoms with Crippen LogP contribution in [0.15, 0.2) is 41.4 Å². The maximum absolute atomic E-state index is 14.1. The highest BCUT2D eigenvalue weighted by molar-refractivity contribution is 7.17. The van der Waals surface area contributed by atoms with Crippen LogP contribution in [0, 0.1) is 5.82 Å². The van der Waals surface area contributed by atoms with Gasteiger partial charge in [0.1, 0.15) is 10.6 Å². The number of nitrogens with one attached hydrogen (secondary N) is 2. The van der Waals surface area contributed by atoms with Gasteiger partial charge in [0.2, 0.25) is 0 Å². The van der Waals surface area contributed by atoms with Crippen molar-refractivity contribution in [3.63, 3.8) is 0 Å². The van der Waals surface area contributed by atoms with Gasteiger partial charge in [-0.2, -0.15) is 0 Å². The zero-order chi connectivity index (χ0) is 20.1. The molecule has 29 heavy (non-hydrogen) atoms. The van der Waals surface area contributed by atoms with E-state index in [1.807, 2.05) is 17.5 Å². The Labute approximate surface area is 177 Å². The van der Waals surface area contributed by atoms with E-state index < -0.39 is 0 Å². The predicted octanol–water partition coefficient (Wildman–Crippen LogP) is 5.56. The number of fused-ring (bicyclic) bond motifs is 2. The minimum absolute atomic E-state index is 0.276. The quantitative estimate of drug-likeness (QED) is 0.434. The van der Waals surface area contributed by atoms with E-state index in [-0.39, 0.29) is 5.82 Å². The Bertz CT molecular complexity index is 1070. The van der Waals surface area contributed by atoms with Crippen molar-refractivity contribution in [1.29, 1.82) is 0 Å². The van der Waals surface area contributed by atoms with Crippen molar-refractivity contribution in [2.24, 2.45) is 0 Å². The summed E-state index contributed by atoms with van der Waals surface area (Å²) in [6, 6.07) is 7.82. The molecule has 5 nitrogen and oxygen atoms in total. The van der Waals surface area contributed by atoms with E-state index in [1.54, 1.807) is 36.2 Å². The van der Waals surface area contributed by atoms with Gasteiger partial charge in [0.05, 0.1) is 27.1 Å². The predicted molar refractivity (Wildman–Crippen MR) is 120 cm³/mol. The van der Waals surface area contributed by atoms with Crippen molar-refractivity contribution < 1.29 is 9.13 Å². The molecule has 4 heterocycles. The van der Waals surface area contributed by atoms with Gasteiger partial charge in [-0.15, -0.1) is 22.7 Å². The lowest BCUT2D eigenvalue weighted by Crippen LogP contribution is -2.22. The van der Waals surface area contributed by atoms with E-state index in [9.17, 15) is 4.39 Å². The molecule has 2 N–H and O–H groups in total. The van der Waals surface area contributed by atoms with Gasteiger partial charge in [-0.1, -0.05) is 0 Å². The average Bonchev–Trinajstić information content (AvgIpc) is 3.49. The number of hydrogen-bond acceptors (Lipinski definition) is 7. The van der Waals surface area contributed by atoms with Crippen LogP contribution in [0.2, 0.25) is 0 Å². The fourth-order valence-electron chi connectivity index (χ4n) is 3.37. The second kappa shape index (κ2) is 9.58. The number of pyridine rings is 1. The van der Waals surface area contributed by atoms with E-state index in [2.05, 4.69) is 20.6 Å². The number of rotatable bonds is 5. The summed E-state index contributed by atoms with van der Waals surface area (Å²) in [7, 11) is 1.76. The highest BCUT2D eigenvalue weighted by atomic mass is 32.1. The maximum Gasteiger partial charge on any atom is 0.148 e. The molecule has 1 fully saturated rings. The molecule has 4 aromatic rings. The molecule has 1 aliphatic rings. The van der Waals surface area contributed by atoms with Crippen molar-refractivity contribution in [3.05, 3.63) is 47.2 Å². The molecule has 0 spiro atoms. The second-order valence-electron chi connectivity index (χ2n) is 6.85. The largest absolute Gasteiger partial charge is 0.385 e. The van der Waals surface area contributed by atoms with Crippen molar-refractivity contribution in [2.75, 3.05) is 25.6 Å². The molecule has 0 amide bonds. The lowest BCUT2D eigenvalue weighted by atomic mass is 10.2. The van der Waals surface area contributed by atoms with Crippen molar-refractivity contribution in [1.82, 2.24) is 15.3 Å². The Kier molecular flexibility index (Phi) is 6.66. The molecule has 0 radical (unpaired) electrons. The van der Waals surface area contributed by atoms with Gasteiger partial charge in [0.15, 0.2) is 0 Å². The fraction of sp³-hybridized carbons (Fsp3) is 0.333. The number of hydrogen-bond donors (Lipinski definition) is 2. The molecule has 0 aliphatic carbocycles. The van der Waals surface area contributed by atoms with Crippen LogP contribution in [0.25, 0.3) is 20.4 Å². The Morgan fingerprint density at radius 3 is 3.00 bits per heavy atom. The molecule has 1 aliphatic heterocycles. The van der Waals surface area contributed by atoms with E-state index >= 15 is 0 Å². The third-order valence-electron chi connectivity index (χ3n) is 4.89. The van der Waals surface area contributed by atoms with E-state index in [1.165, 1.54) is 43.2 Å². The third kappa shape index (κ3) is 4.90. The first-order valence-electron chi connectivity index (χ1n) is 9.59. The van der Waals surface area contributed by atoms with Crippen molar-refractivity contribution >= 4 is 54.5 Å². The second-order valence-corrected chi connectivity index (χ2v) is 8.63.